The van der Waals surface area contributed by atoms with Crippen LogP contribution in [0, 0.1) is 6.92 Å². The number of benzene rings is 1. The molecular weight excluding hydrogens is 288 g/mol. The molecule has 0 aromatic heterocycles. The van der Waals surface area contributed by atoms with Crippen molar-refractivity contribution >= 4 is 29.4 Å². The first-order valence-electron chi connectivity index (χ1n) is 6.82. The minimum absolute atomic E-state index is 0.0673. The van der Waals surface area contributed by atoms with Crippen LogP contribution in [-0.2, 0) is 0 Å². The molecule has 0 atom stereocenters. The lowest BCUT2D eigenvalue weighted by Crippen LogP contribution is -2.47. The lowest BCUT2D eigenvalue weighted by molar-refractivity contribution is 0.0697. The summed E-state index contributed by atoms with van der Waals surface area (Å²) in [5.74, 6) is -0.0389. The minimum atomic E-state index is -0.967. The molecule has 114 valence electrons. The van der Waals surface area contributed by atoms with Crippen LogP contribution in [0.4, 0.5) is 10.5 Å². The third-order valence-corrected chi connectivity index (χ3v) is 4.73. The normalized spacial score (nSPS) is 17.4. The van der Waals surface area contributed by atoms with Crippen molar-refractivity contribution in [3.63, 3.8) is 0 Å². The van der Waals surface area contributed by atoms with Crippen LogP contribution in [0.2, 0.25) is 0 Å². The Morgan fingerprint density at radius 3 is 2.67 bits per heavy atom. The van der Waals surface area contributed by atoms with E-state index in [1.807, 2.05) is 11.8 Å². The molecule has 21 heavy (non-hydrogen) atoms. The number of aromatic carboxylic acids is 1. The van der Waals surface area contributed by atoms with Gasteiger partial charge < -0.3 is 15.3 Å². The van der Waals surface area contributed by atoms with Crippen molar-refractivity contribution in [2.75, 3.05) is 24.2 Å². The van der Waals surface area contributed by atoms with Gasteiger partial charge in [0.05, 0.1) is 5.56 Å². The van der Waals surface area contributed by atoms with E-state index in [2.05, 4.69) is 19.2 Å². The summed E-state index contributed by atoms with van der Waals surface area (Å²) in [6.45, 7) is 7.48. The monoisotopic (exact) mass is 308 g/mol. The molecule has 0 bridgehead atoms. The maximum atomic E-state index is 12.3. The number of aryl methyl sites for hydroxylation is 1. The number of hydrogen-bond donors (Lipinski definition) is 2. The van der Waals surface area contributed by atoms with Crippen LogP contribution in [-0.4, -0.2) is 45.6 Å². The quantitative estimate of drug-likeness (QED) is 0.881. The van der Waals surface area contributed by atoms with Crippen molar-refractivity contribution in [1.29, 1.82) is 0 Å². The summed E-state index contributed by atoms with van der Waals surface area (Å²) in [5.41, 5.74) is 1.62. The van der Waals surface area contributed by atoms with Gasteiger partial charge in [-0.3, -0.25) is 0 Å². The van der Waals surface area contributed by atoms with Crippen LogP contribution in [0.3, 0.4) is 0 Å². The van der Waals surface area contributed by atoms with Crippen molar-refractivity contribution < 1.29 is 14.7 Å². The molecule has 0 radical (unpaired) electrons. The van der Waals surface area contributed by atoms with Gasteiger partial charge in [-0.1, -0.05) is 0 Å². The van der Waals surface area contributed by atoms with E-state index < -0.39 is 5.97 Å². The van der Waals surface area contributed by atoms with Gasteiger partial charge in [0.1, 0.15) is 0 Å². The molecule has 1 aliphatic heterocycles. The summed E-state index contributed by atoms with van der Waals surface area (Å²) in [6, 6.07) is 4.57. The highest BCUT2D eigenvalue weighted by atomic mass is 32.2. The second-order valence-electron chi connectivity index (χ2n) is 5.79. The Labute approximate surface area is 128 Å². The first-order valence-corrected chi connectivity index (χ1v) is 7.81. The number of carboxylic acid groups (broad SMARTS) is 1. The summed E-state index contributed by atoms with van der Waals surface area (Å²) < 4.78 is 0.0673. The molecule has 6 heteroatoms. The Morgan fingerprint density at radius 2 is 2.10 bits per heavy atom. The number of anilines is 1. The van der Waals surface area contributed by atoms with E-state index in [0.29, 0.717) is 12.2 Å². The van der Waals surface area contributed by atoms with Gasteiger partial charge in [-0.15, -0.1) is 0 Å². The largest absolute Gasteiger partial charge is 0.478 e. The highest BCUT2D eigenvalue weighted by Gasteiger charge is 2.29. The van der Waals surface area contributed by atoms with Crippen LogP contribution < -0.4 is 5.32 Å². The SMILES string of the molecule is Cc1cc(C(=O)O)ccc1NC(=O)N1CCSC(C)(C)C1. The van der Waals surface area contributed by atoms with Crippen molar-refractivity contribution in [2.24, 2.45) is 0 Å². The van der Waals surface area contributed by atoms with Crippen LogP contribution in [0.25, 0.3) is 0 Å². The van der Waals surface area contributed by atoms with E-state index in [1.165, 1.54) is 6.07 Å². The number of carboxylic acids is 1. The van der Waals surface area contributed by atoms with Gasteiger partial charge >= 0.3 is 12.0 Å². The lowest BCUT2D eigenvalue weighted by Gasteiger charge is -2.37. The number of rotatable bonds is 2. The van der Waals surface area contributed by atoms with Gasteiger partial charge in [-0.2, -0.15) is 11.8 Å². The molecule has 1 fully saturated rings. The van der Waals surface area contributed by atoms with E-state index >= 15 is 0 Å². The molecule has 1 aromatic rings. The van der Waals surface area contributed by atoms with Crippen molar-refractivity contribution in [3.8, 4) is 0 Å². The molecule has 2 rings (SSSR count). The van der Waals surface area contributed by atoms with Gasteiger partial charge in [0, 0.05) is 29.3 Å². The molecule has 0 spiro atoms. The van der Waals surface area contributed by atoms with Crippen LogP contribution >= 0.6 is 11.8 Å². The van der Waals surface area contributed by atoms with E-state index in [1.54, 1.807) is 24.0 Å². The number of thioether (sulfide) groups is 1. The zero-order chi connectivity index (χ0) is 15.6. The van der Waals surface area contributed by atoms with Gasteiger partial charge in [-0.05, 0) is 44.5 Å². The summed E-state index contributed by atoms with van der Waals surface area (Å²) >= 11 is 1.87. The number of carbonyl (C=O) groups is 2. The fraction of sp³-hybridized carbons (Fsp3) is 0.467. The van der Waals surface area contributed by atoms with Crippen molar-refractivity contribution in [1.82, 2.24) is 4.90 Å². The van der Waals surface area contributed by atoms with E-state index in [0.717, 1.165) is 17.9 Å². The Balaban J connectivity index is 2.07. The first kappa shape index (κ1) is 15.7. The number of carbonyl (C=O) groups excluding carboxylic acids is 1. The fourth-order valence-corrected chi connectivity index (χ4v) is 3.43. The molecule has 0 aliphatic carbocycles. The van der Waals surface area contributed by atoms with Crippen LogP contribution in [0.1, 0.15) is 29.8 Å². The van der Waals surface area contributed by atoms with Crippen molar-refractivity contribution in [2.45, 2.75) is 25.5 Å². The first-order chi connectivity index (χ1) is 9.78. The van der Waals surface area contributed by atoms with E-state index in [-0.39, 0.29) is 16.3 Å². The summed E-state index contributed by atoms with van der Waals surface area (Å²) in [5, 5.41) is 11.8. The second-order valence-corrected chi connectivity index (χ2v) is 7.60. The van der Waals surface area contributed by atoms with Gasteiger partial charge in [0.25, 0.3) is 0 Å². The number of urea groups is 1. The van der Waals surface area contributed by atoms with Gasteiger partial charge in [0.15, 0.2) is 0 Å². The Morgan fingerprint density at radius 1 is 1.38 bits per heavy atom. The van der Waals surface area contributed by atoms with E-state index in [9.17, 15) is 9.59 Å². The minimum Gasteiger partial charge on any atom is -0.478 e. The standard InChI is InChI=1S/C15H20N2O3S/c1-10-8-11(13(18)19)4-5-12(10)16-14(20)17-6-7-21-15(2,3)9-17/h4-5,8H,6-7,9H2,1-3H3,(H,16,20)(H,18,19). The number of hydrogen-bond acceptors (Lipinski definition) is 3. The zero-order valence-corrected chi connectivity index (χ0v) is 13.3. The highest BCUT2D eigenvalue weighted by molar-refractivity contribution is 8.00. The van der Waals surface area contributed by atoms with Crippen LogP contribution in [0.5, 0.6) is 0 Å². The number of nitrogens with one attached hydrogen (secondary N) is 1. The molecule has 1 aromatic carbocycles. The average molecular weight is 308 g/mol. The third kappa shape index (κ3) is 3.91. The maximum Gasteiger partial charge on any atom is 0.335 e. The second kappa shape index (κ2) is 5.97. The highest BCUT2D eigenvalue weighted by Crippen LogP contribution is 2.29. The van der Waals surface area contributed by atoms with Crippen LogP contribution in [0.15, 0.2) is 18.2 Å². The summed E-state index contributed by atoms with van der Waals surface area (Å²) in [6.07, 6.45) is 0. The molecule has 5 nitrogen and oxygen atoms in total. The topological polar surface area (TPSA) is 69.6 Å². The molecule has 0 unspecified atom stereocenters. The molecule has 2 N–H and O–H groups in total. The Hall–Kier alpha value is -1.69. The third-order valence-electron chi connectivity index (χ3n) is 3.43. The predicted octanol–water partition coefficient (Wildman–Crippen LogP) is 3.05. The van der Waals surface area contributed by atoms with E-state index in [4.69, 9.17) is 5.11 Å². The fourth-order valence-electron chi connectivity index (χ4n) is 2.32. The molecule has 0 saturated carbocycles. The Kier molecular flexibility index (Phi) is 4.46. The smallest absolute Gasteiger partial charge is 0.335 e. The lowest BCUT2D eigenvalue weighted by atomic mass is 10.1. The van der Waals surface area contributed by atoms with Gasteiger partial charge in [0.2, 0.25) is 0 Å². The molecular formula is C15H20N2O3S. The predicted molar refractivity (Wildman–Crippen MR) is 85.3 cm³/mol. The zero-order valence-electron chi connectivity index (χ0n) is 12.5. The van der Waals surface area contributed by atoms with Gasteiger partial charge in [-0.25, -0.2) is 9.59 Å². The number of nitrogens with zero attached hydrogens (tertiary/aromatic N) is 1. The molecule has 1 heterocycles. The molecule has 2 amide bonds. The van der Waals surface area contributed by atoms with Crippen molar-refractivity contribution in [3.05, 3.63) is 29.3 Å². The number of amides is 2. The Bertz CT molecular complexity index is 572. The summed E-state index contributed by atoms with van der Waals surface area (Å²) in [7, 11) is 0. The molecule has 1 saturated heterocycles. The molecule has 1 aliphatic rings. The summed E-state index contributed by atoms with van der Waals surface area (Å²) in [4.78, 5) is 25.0. The average Bonchev–Trinajstić information content (AvgIpc) is 2.39. The maximum absolute atomic E-state index is 12.3.